The Morgan fingerprint density at radius 3 is 2.42 bits per heavy atom. The first kappa shape index (κ1) is 22.8. The zero-order valence-electron chi connectivity index (χ0n) is 19.1. The van der Waals surface area contributed by atoms with Crippen molar-refractivity contribution in [1.29, 1.82) is 0 Å². The molecule has 0 radical (unpaired) electrons. The molecule has 1 fully saturated rings. The van der Waals surface area contributed by atoms with Gasteiger partial charge in [0.15, 0.2) is 6.61 Å². The molecule has 3 aromatic carbocycles. The second kappa shape index (κ2) is 10.5. The van der Waals surface area contributed by atoms with Crippen molar-refractivity contribution in [2.24, 2.45) is 0 Å². The van der Waals surface area contributed by atoms with E-state index < -0.39 is 0 Å². The van der Waals surface area contributed by atoms with Crippen molar-refractivity contribution >= 4 is 17.3 Å². The molecule has 2 atom stereocenters. The summed E-state index contributed by atoms with van der Waals surface area (Å²) in [5, 5.41) is 3.33. The molecule has 4 rings (SSSR count). The van der Waals surface area contributed by atoms with Gasteiger partial charge in [0.25, 0.3) is 5.91 Å². The van der Waals surface area contributed by atoms with Crippen molar-refractivity contribution in [2.45, 2.75) is 32.5 Å². The predicted molar refractivity (Wildman–Crippen MR) is 129 cm³/mol. The summed E-state index contributed by atoms with van der Waals surface area (Å²) in [6, 6.07) is 24.4. The number of benzene rings is 3. The molecule has 0 aliphatic carbocycles. The number of nitrogens with one attached hydrogen (secondary N) is 1. The van der Waals surface area contributed by atoms with Crippen LogP contribution in [0.2, 0.25) is 0 Å². The van der Waals surface area contributed by atoms with Crippen LogP contribution in [0, 0.1) is 5.82 Å². The number of amides is 1. The summed E-state index contributed by atoms with van der Waals surface area (Å²) in [4.78, 5) is 17.2. The van der Waals surface area contributed by atoms with Crippen LogP contribution >= 0.6 is 0 Å². The SMILES string of the molecule is CC1CN(C(=O)COc2cccc(Nc3ccccc3)c2)C(C)CN1Cc1ccc(F)cc1. The van der Waals surface area contributed by atoms with E-state index in [1.165, 1.54) is 12.1 Å². The predicted octanol–water partition coefficient (Wildman–Crippen LogP) is 5.07. The van der Waals surface area contributed by atoms with Gasteiger partial charge in [-0.25, -0.2) is 4.39 Å². The number of anilines is 2. The third-order valence-corrected chi connectivity index (χ3v) is 5.99. The number of piperazine rings is 1. The second-order valence-electron chi connectivity index (χ2n) is 8.61. The van der Waals surface area contributed by atoms with Crippen LogP contribution in [0.1, 0.15) is 19.4 Å². The maximum Gasteiger partial charge on any atom is 0.260 e. The Morgan fingerprint density at radius 2 is 1.67 bits per heavy atom. The molecule has 0 bridgehead atoms. The van der Waals surface area contributed by atoms with E-state index in [4.69, 9.17) is 4.74 Å². The molecule has 1 saturated heterocycles. The second-order valence-corrected chi connectivity index (χ2v) is 8.61. The molecular weight excluding hydrogens is 417 g/mol. The number of halogens is 1. The molecule has 0 spiro atoms. The summed E-state index contributed by atoms with van der Waals surface area (Å²) < 4.78 is 19.0. The lowest BCUT2D eigenvalue weighted by Gasteiger charge is -2.44. The fourth-order valence-corrected chi connectivity index (χ4v) is 4.17. The van der Waals surface area contributed by atoms with E-state index in [2.05, 4.69) is 24.1 Å². The zero-order chi connectivity index (χ0) is 23.2. The maximum absolute atomic E-state index is 13.2. The zero-order valence-corrected chi connectivity index (χ0v) is 19.1. The lowest BCUT2D eigenvalue weighted by Crippen LogP contribution is -2.58. The first-order valence-electron chi connectivity index (χ1n) is 11.3. The molecule has 5 nitrogen and oxygen atoms in total. The summed E-state index contributed by atoms with van der Waals surface area (Å²) in [5.74, 6) is 0.411. The van der Waals surface area contributed by atoms with Crippen molar-refractivity contribution in [3.8, 4) is 5.75 Å². The average molecular weight is 448 g/mol. The van der Waals surface area contributed by atoms with Gasteiger partial charge in [-0.1, -0.05) is 36.4 Å². The molecule has 3 aromatic rings. The van der Waals surface area contributed by atoms with Crippen molar-refractivity contribution in [1.82, 2.24) is 9.80 Å². The lowest BCUT2D eigenvalue weighted by atomic mass is 10.1. The third-order valence-electron chi connectivity index (χ3n) is 5.99. The number of hydrogen-bond acceptors (Lipinski definition) is 4. The molecule has 1 N–H and O–H groups in total. The van der Waals surface area contributed by atoms with Gasteiger partial charge < -0.3 is 15.0 Å². The number of carbonyl (C=O) groups is 1. The number of rotatable bonds is 7. The number of carbonyl (C=O) groups excluding carboxylic acids is 1. The largest absolute Gasteiger partial charge is 0.484 e. The summed E-state index contributed by atoms with van der Waals surface area (Å²) >= 11 is 0. The van der Waals surface area contributed by atoms with Crippen molar-refractivity contribution in [3.05, 3.63) is 90.2 Å². The van der Waals surface area contributed by atoms with Crippen LogP contribution in [-0.4, -0.2) is 47.5 Å². The molecule has 0 aromatic heterocycles. The van der Waals surface area contributed by atoms with E-state index in [9.17, 15) is 9.18 Å². The van der Waals surface area contributed by atoms with E-state index in [0.29, 0.717) is 12.3 Å². The summed E-state index contributed by atoms with van der Waals surface area (Å²) in [7, 11) is 0. The van der Waals surface area contributed by atoms with Crippen LogP contribution < -0.4 is 10.1 Å². The van der Waals surface area contributed by atoms with Gasteiger partial charge in [0.05, 0.1) is 0 Å². The van der Waals surface area contributed by atoms with Gasteiger partial charge in [-0.3, -0.25) is 9.69 Å². The fraction of sp³-hybridized carbons (Fsp3) is 0.296. The molecule has 1 aliphatic heterocycles. The summed E-state index contributed by atoms with van der Waals surface area (Å²) in [5.41, 5.74) is 2.97. The van der Waals surface area contributed by atoms with Gasteiger partial charge in [-0.05, 0) is 55.8 Å². The van der Waals surface area contributed by atoms with Crippen LogP contribution in [0.25, 0.3) is 0 Å². The van der Waals surface area contributed by atoms with Gasteiger partial charge in [-0.15, -0.1) is 0 Å². The Kier molecular flexibility index (Phi) is 7.25. The normalized spacial score (nSPS) is 18.7. The Balaban J connectivity index is 1.31. The van der Waals surface area contributed by atoms with Crippen LogP contribution in [0.15, 0.2) is 78.9 Å². The lowest BCUT2D eigenvalue weighted by molar-refractivity contribution is -0.139. The van der Waals surface area contributed by atoms with Gasteiger partial charge in [0.1, 0.15) is 11.6 Å². The summed E-state index contributed by atoms with van der Waals surface area (Å²) in [6.45, 7) is 6.33. The van der Waals surface area contributed by atoms with Gasteiger partial charge in [0, 0.05) is 49.2 Å². The molecule has 6 heteroatoms. The third kappa shape index (κ3) is 6.11. The number of hydrogen-bond donors (Lipinski definition) is 1. The quantitative estimate of drug-likeness (QED) is 0.549. The highest BCUT2D eigenvalue weighted by Gasteiger charge is 2.32. The molecule has 33 heavy (non-hydrogen) atoms. The highest BCUT2D eigenvalue weighted by Crippen LogP contribution is 2.22. The first-order valence-corrected chi connectivity index (χ1v) is 11.3. The highest BCUT2D eigenvalue weighted by atomic mass is 19.1. The van der Waals surface area contributed by atoms with Crippen LogP contribution in [-0.2, 0) is 11.3 Å². The van der Waals surface area contributed by atoms with Crippen molar-refractivity contribution < 1.29 is 13.9 Å². The fourth-order valence-electron chi connectivity index (χ4n) is 4.17. The number of para-hydroxylation sites is 1. The monoisotopic (exact) mass is 447 g/mol. The first-order chi connectivity index (χ1) is 16.0. The average Bonchev–Trinajstić information content (AvgIpc) is 2.82. The van der Waals surface area contributed by atoms with Crippen molar-refractivity contribution in [3.63, 3.8) is 0 Å². The molecule has 2 unspecified atom stereocenters. The molecule has 1 amide bonds. The Hall–Kier alpha value is -3.38. The van der Waals surface area contributed by atoms with E-state index in [1.54, 1.807) is 0 Å². The maximum atomic E-state index is 13.2. The smallest absolute Gasteiger partial charge is 0.260 e. The minimum atomic E-state index is -0.225. The molecule has 172 valence electrons. The van der Waals surface area contributed by atoms with E-state index in [1.807, 2.05) is 71.6 Å². The Morgan fingerprint density at radius 1 is 0.939 bits per heavy atom. The minimum Gasteiger partial charge on any atom is -0.484 e. The molecule has 1 aliphatic rings. The highest BCUT2D eigenvalue weighted by molar-refractivity contribution is 5.78. The van der Waals surface area contributed by atoms with Gasteiger partial charge >= 0.3 is 0 Å². The van der Waals surface area contributed by atoms with Gasteiger partial charge in [-0.2, -0.15) is 0 Å². The Bertz CT molecular complexity index is 1060. The standard InChI is InChI=1S/C27H30FN3O2/c1-20-17-31(21(2)16-30(20)18-22-11-13-23(28)14-12-22)27(32)19-33-26-10-6-9-25(15-26)29-24-7-4-3-5-8-24/h3-15,20-21,29H,16-19H2,1-2H3. The number of ether oxygens (including phenoxy) is 1. The summed E-state index contributed by atoms with van der Waals surface area (Å²) in [6.07, 6.45) is 0. The van der Waals surface area contributed by atoms with Crippen molar-refractivity contribution in [2.75, 3.05) is 25.0 Å². The Labute approximate surface area is 194 Å². The number of nitrogens with zero attached hydrogens (tertiary/aromatic N) is 2. The minimum absolute atomic E-state index is 0.00378. The van der Waals surface area contributed by atoms with Crippen LogP contribution in [0.5, 0.6) is 5.75 Å². The van der Waals surface area contributed by atoms with E-state index in [0.717, 1.165) is 30.0 Å². The van der Waals surface area contributed by atoms with Gasteiger partial charge in [0.2, 0.25) is 0 Å². The van der Waals surface area contributed by atoms with Crippen LogP contribution in [0.3, 0.4) is 0 Å². The van der Waals surface area contributed by atoms with Crippen LogP contribution in [0.4, 0.5) is 15.8 Å². The molecule has 1 heterocycles. The van der Waals surface area contributed by atoms with E-state index >= 15 is 0 Å². The van der Waals surface area contributed by atoms with E-state index in [-0.39, 0.29) is 30.4 Å². The molecular formula is C27H30FN3O2. The topological polar surface area (TPSA) is 44.8 Å². The molecule has 0 saturated carbocycles.